The average molecular weight is 288 g/mol. The summed E-state index contributed by atoms with van der Waals surface area (Å²) in [7, 11) is 0. The first-order chi connectivity index (χ1) is 9.11. The molecule has 1 aliphatic heterocycles. The van der Waals surface area contributed by atoms with Crippen LogP contribution in [0.1, 0.15) is 39.5 Å². The molecule has 1 rings (SSSR count). The van der Waals surface area contributed by atoms with Gasteiger partial charge in [-0.2, -0.15) is 0 Å². The Hall–Kier alpha value is -1.34. The van der Waals surface area contributed by atoms with Crippen LogP contribution in [0.15, 0.2) is 0 Å². The topological polar surface area (TPSA) is 110 Å². The maximum atomic E-state index is 12.0. The number of likely N-dealkylation sites (tertiary alicyclic amines) is 1. The Morgan fingerprint density at radius 3 is 2.60 bits per heavy atom. The van der Waals surface area contributed by atoms with Gasteiger partial charge >= 0.3 is 12.0 Å². The predicted octanol–water partition coefficient (Wildman–Crippen LogP) is 0.159. The van der Waals surface area contributed by atoms with Crippen molar-refractivity contribution in [1.82, 2.24) is 10.2 Å². The molecule has 2 unspecified atom stereocenters. The van der Waals surface area contributed by atoms with E-state index in [1.165, 1.54) is 6.92 Å². The molecule has 0 saturated carbocycles. The van der Waals surface area contributed by atoms with E-state index >= 15 is 0 Å². The third-order valence-electron chi connectivity index (χ3n) is 3.50. The minimum atomic E-state index is -1.47. The lowest BCUT2D eigenvalue weighted by molar-refractivity contribution is -0.141. The van der Waals surface area contributed by atoms with Crippen LogP contribution in [-0.4, -0.2) is 63.1 Å². The zero-order valence-corrected chi connectivity index (χ0v) is 12.1. The molecular weight excluding hydrogens is 264 g/mol. The Bertz CT molecular complexity index is 368. The maximum Gasteiger partial charge on any atom is 0.317 e. The first-order valence-electron chi connectivity index (χ1n) is 6.81. The van der Waals surface area contributed by atoms with Crippen molar-refractivity contribution in [3.63, 3.8) is 0 Å². The minimum absolute atomic E-state index is 0.120. The fourth-order valence-electron chi connectivity index (χ4n) is 2.23. The molecular formula is C13H24N2O5. The molecule has 1 saturated heterocycles. The number of carboxylic acid groups (broad SMARTS) is 1. The van der Waals surface area contributed by atoms with Crippen LogP contribution in [0.5, 0.6) is 0 Å². The summed E-state index contributed by atoms with van der Waals surface area (Å²) in [6.45, 7) is 3.99. The third kappa shape index (κ3) is 5.75. The van der Waals surface area contributed by atoms with Gasteiger partial charge in [0.2, 0.25) is 0 Å². The van der Waals surface area contributed by atoms with E-state index in [9.17, 15) is 19.8 Å². The van der Waals surface area contributed by atoms with Crippen molar-refractivity contribution in [3.8, 4) is 0 Å². The lowest BCUT2D eigenvalue weighted by Crippen LogP contribution is -2.47. The van der Waals surface area contributed by atoms with E-state index in [2.05, 4.69) is 5.32 Å². The van der Waals surface area contributed by atoms with E-state index in [-0.39, 0.29) is 12.6 Å². The number of aliphatic carboxylic acids is 1. The quantitative estimate of drug-likeness (QED) is 0.589. The van der Waals surface area contributed by atoms with E-state index in [0.29, 0.717) is 32.4 Å². The van der Waals surface area contributed by atoms with Crippen LogP contribution in [-0.2, 0) is 4.79 Å². The summed E-state index contributed by atoms with van der Waals surface area (Å²) in [6.07, 6.45) is 1.44. The SMILES string of the molecule is CC1(O)CCCN(C(=O)NCC(C)(O)CC(=O)O)CC1. The average Bonchev–Trinajstić information content (AvgIpc) is 2.45. The van der Waals surface area contributed by atoms with Gasteiger partial charge in [0.05, 0.1) is 17.6 Å². The summed E-state index contributed by atoms with van der Waals surface area (Å²) in [5, 5.41) is 31.0. The lowest BCUT2D eigenvalue weighted by atomic mass is 9.98. The largest absolute Gasteiger partial charge is 0.481 e. The molecule has 7 nitrogen and oxygen atoms in total. The number of nitrogens with one attached hydrogen (secondary N) is 1. The zero-order valence-electron chi connectivity index (χ0n) is 12.1. The normalized spacial score (nSPS) is 26.5. The molecule has 0 radical (unpaired) electrons. The van der Waals surface area contributed by atoms with Gasteiger partial charge in [0.1, 0.15) is 0 Å². The molecule has 0 aliphatic carbocycles. The van der Waals surface area contributed by atoms with Gasteiger partial charge in [-0.05, 0) is 33.1 Å². The van der Waals surface area contributed by atoms with Gasteiger partial charge in [0, 0.05) is 19.6 Å². The Kier molecular flexibility index (Phi) is 5.35. The maximum absolute atomic E-state index is 12.0. The molecule has 4 N–H and O–H groups in total. The molecule has 20 heavy (non-hydrogen) atoms. The molecule has 7 heteroatoms. The highest BCUT2D eigenvalue weighted by molar-refractivity contribution is 5.74. The van der Waals surface area contributed by atoms with E-state index in [0.717, 1.165) is 0 Å². The first-order valence-corrected chi connectivity index (χ1v) is 6.81. The van der Waals surface area contributed by atoms with Crippen LogP contribution >= 0.6 is 0 Å². The van der Waals surface area contributed by atoms with Gasteiger partial charge in [-0.1, -0.05) is 0 Å². The van der Waals surface area contributed by atoms with Crippen LogP contribution < -0.4 is 5.32 Å². The second kappa shape index (κ2) is 6.41. The lowest BCUT2D eigenvalue weighted by Gasteiger charge is -2.26. The highest BCUT2D eigenvalue weighted by atomic mass is 16.4. The van der Waals surface area contributed by atoms with Gasteiger partial charge in [0.25, 0.3) is 0 Å². The predicted molar refractivity (Wildman–Crippen MR) is 72.3 cm³/mol. The summed E-state index contributed by atoms with van der Waals surface area (Å²) in [5.41, 5.74) is -2.22. The van der Waals surface area contributed by atoms with Crippen molar-refractivity contribution in [1.29, 1.82) is 0 Å². The zero-order chi connectivity index (χ0) is 15.4. The number of amides is 2. The second-order valence-corrected chi connectivity index (χ2v) is 6.06. The summed E-state index contributed by atoms with van der Waals surface area (Å²) < 4.78 is 0. The number of hydrogen-bond acceptors (Lipinski definition) is 4. The summed E-state index contributed by atoms with van der Waals surface area (Å²) >= 11 is 0. The highest BCUT2D eigenvalue weighted by Crippen LogP contribution is 2.21. The van der Waals surface area contributed by atoms with Gasteiger partial charge in [0.15, 0.2) is 0 Å². The van der Waals surface area contributed by atoms with Crippen LogP contribution in [0.2, 0.25) is 0 Å². The highest BCUT2D eigenvalue weighted by Gasteiger charge is 2.29. The summed E-state index contributed by atoms with van der Waals surface area (Å²) in [4.78, 5) is 24.1. The molecule has 0 spiro atoms. The molecule has 1 heterocycles. The van der Waals surface area contributed by atoms with Crippen LogP contribution in [0.3, 0.4) is 0 Å². The molecule has 2 atom stereocenters. The van der Waals surface area contributed by atoms with Crippen molar-refractivity contribution in [2.24, 2.45) is 0 Å². The van der Waals surface area contributed by atoms with Crippen molar-refractivity contribution < 1.29 is 24.9 Å². The fraction of sp³-hybridized carbons (Fsp3) is 0.846. The Morgan fingerprint density at radius 1 is 1.35 bits per heavy atom. The van der Waals surface area contributed by atoms with E-state index < -0.39 is 23.6 Å². The molecule has 0 aromatic rings. The molecule has 116 valence electrons. The minimum Gasteiger partial charge on any atom is -0.481 e. The molecule has 1 fully saturated rings. The van der Waals surface area contributed by atoms with Gasteiger partial charge < -0.3 is 25.5 Å². The Labute approximate surface area is 118 Å². The van der Waals surface area contributed by atoms with Crippen molar-refractivity contribution in [2.75, 3.05) is 19.6 Å². The van der Waals surface area contributed by atoms with Crippen LogP contribution in [0, 0.1) is 0 Å². The number of hydrogen-bond donors (Lipinski definition) is 4. The second-order valence-electron chi connectivity index (χ2n) is 6.06. The molecule has 1 aliphatic rings. The monoisotopic (exact) mass is 288 g/mol. The summed E-state index contributed by atoms with van der Waals surface area (Å²) in [6, 6.07) is -0.339. The smallest absolute Gasteiger partial charge is 0.317 e. The standard InChI is InChI=1S/C13H24N2O5/c1-12(19)4-3-6-15(7-5-12)11(18)14-9-13(2,20)8-10(16)17/h19-20H,3-9H2,1-2H3,(H,14,18)(H,16,17). The van der Waals surface area contributed by atoms with Gasteiger partial charge in [-0.25, -0.2) is 4.79 Å². The van der Waals surface area contributed by atoms with Crippen molar-refractivity contribution in [3.05, 3.63) is 0 Å². The number of carboxylic acids is 1. The molecule has 0 aromatic heterocycles. The number of rotatable bonds is 4. The van der Waals surface area contributed by atoms with Crippen LogP contribution in [0.4, 0.5) is 4.79 Å². The molecule has 0 aromatic carbocycles. The van der Waals surface area contributed by atoms with Gasteiger partial charge in [-0.15, -0.1) is 0 Å². The number of aliphatic hydroxyl groups is 2. The number of urea groups is 1. The Balaban J connectivity index is 2.45. The van der Waals surface area contributed by atoms with Crippen molar-refractivity contribution in [2.45, 2.75) is 50.7 Å². The summed E-state index contributed by atoms with van der Waals surface area (Å²) in [5.74, 6) is -1.12. The van der Waals surface area contributed by atoms with E-state index in [4.69, 9.17) is 5.11 Å². The third-order valence-corrected chi connectivity index (χ3v) is 3.50. The van der Waals surface area contributed by atoms with Gasteiger partial charge in [-0.3, -0.25) is 4.79 Å². The molecule has 0 bridgehead atoms. The fourth-order valence-corrected chi connectivity index (χ4v) is 2.23. The van der Waals surface area contributed by atoms with E-state index in [1.807, 2.05) is 0 Å². The van der Waals surface area contributed by atoms with E-state index in [1.54, 1.807) is 11.8 Å². The first kappa shape index (κ1) is 16.7. The number of carbonyl (C=O) groups is 2. The number of carbonyl (C=O) groups excluding carboxylic acids is 1. The van der Waals surface area contributed by atoms with Crippen LogP contribution in [0.25, 0.3) is 0 Å². The Morgan fingerprint density at radius 2 is 2.00 bits per heavy atom. The van der Waals surface area contributed by atoms with Crippen molar-refractivity contribution >= 4 is 12.0 Å². The number of nitrogens with zero attached hydrogens (tertiary/aromatic N) is 1. The molecule has 2 amide bonds.